The van der Waals surface area contributed by atoms with Crippen LogP contribution in [0.4, 0.5) is 0 Å². The molecule has 0 aliphatic carbocycles. The Hall–Kier alpha value is -0.680. The van der Waals surface area contributed by atoms with Crippen LogP contribution in [0.3, 0.4) is 0 Å². The number of unbranched alkanes of at least 4 members (excludes halogenated alkanes) is 2. The Labute approximate surface area is 76.1 Å². The van der Waals surface area contributed by atoms with E-state index in [1.807, 2.05) is 6.92 Å². The minimum absolute atomic E-state index is 0.879. The molecule has 0 aromatic heterocycles. The van der Waals surface area contributed by atoms with Crippen molar-refractivity contribution in [2.45, 2.75) is 46.5 Å². The maximum Gasteiger partial charge on any atom is 0.134 e. The molecule has 70 valence electrons. The van der Waals surface area contributed by atoms with Gasteiger partial charge in [0.05, 0.1) is 7.11 Å². The number of allylic oxidation sites excluding steroid dienone is 1. The van der Waals surface area contributed by atoms with Gasteiger partial charge in [-0.1, -0.05) is 25.5 Å². The van der Waals surface area contributed by atoms with E-state index in [2.05, 4.69) is 19.6 Å². The Morgan fingerprint density at radius 2 is 1.92 bits per heavy atom. The highest BCUT2D eigenvalue weighted by atomic mass is 16.5. The molecule has 0 N–H and O–H groups in total. The first-order valence-electron chi connectivity index (χ1n) is 4.67. The van der Waals surface area contributed by atoms with Gasteiger partial charge in [0, 0.05) is 6.92 Å². The van der Waals surface area contributed by atoms with Crippen molar-refractivity contribution < 1.29 is 4.74 Å². The summed E-state index contributed by atoms with van der Waals surface area (Å²) in [4.78, 5) is 0. The van der Waals surface area contributed by atoms with Crippen LogP contribution < -0.4 is 0 Å². The lowest BCUT2D eigenvalue weighted by atomic mass is 10.1. The van der Waals surface area contributed by atoms with Crippen molar-refractivity contribution in [3.05, 3.63) is 17.1 Å². The second kappa shape index (κ2) is 7.00. The number of rotatable bonds is 5. The van der Waals surface area contributed by atoms with E-state index >= 15 is 0 Å². The van der Waals surface area contributed by atoms with Crippen molar-refractivity contribution in [3.63, 3.8) is 0 Å². The van der Waals surface area contributed by atoms with Crippen LogP contribution in [0.1, 0.15) is 46.5 Å². The average molecular weight is 168 g/mol. The molecule has 0 aliphatic heterocycles. The third kappa shape index (κ3) is 6.06. The summed E-state index contributed by atoms with van der Waals surface area (Å²) in [5.41, 5.74) is 4.49. The molecular formula is C11H20O. The highest BCUT2D eigenvalue weighted by molar-refractivity contribution is 5.00. The fraction of sp³-hybridized carbons (Fsp3) is 0.727. The van der Waals surface area contributed by atoms with Crippen LogP contribution in [-0.4, -0.2) is 7.11 Å². The fourth-order valence-corrected chi connectivity index (χ4v) is 1.05. The molecule has 1 heteroatoms. The van der Waals surface area contributed by atoms with Crippen LogP contribution in [0.25, 0.3) is 0 Å². The van der Waals surface area contributed by atoms with Crippen LogP contribution in [0, 0.1) is 0 Å². The topological polar surface area (TPSA) is 9.23 Å². The summed E-state index contributed by atoms with van der Waals surface area (Å²) in [6.07, 6.45) is 5.01. The molecule has 0 fully saturated rings. The van der Waals surface area contributed by atoms with E-state index in [-0.39, 0.29) is 0 Å². The van der Waals surface area contributed by atoms with E-state index in [0.29, 0.717) is 0 Å². The fourth-order valence-electron chi connectivity index (χ4n) is 1.05. The molecule has 1 nitrogen and oxygen atoms in total. The average Bonchev–Trinajstić information content (AvgIpc) is 2.05. The zero-order valence-corrected chi connectivity index (χ0v) is 8.74. The smallest absolute Gasteiger partial charge is 0.134 e. The first-order chi connectivity index (χ1) is 5.70. The first kappa shape index (κ1) is 11.3. The van der Waals surface area contributed by atoms with Crippen LogP contribution >= 0.6 is 0 Å². The molecule has 0 amide bonds. The Morgan fingerprint density at radius 3 is 2.42 bits per heavy atom. The molecule has 0 radical (unpaired) electrons. The molecule has 0 saturated heterocycles. The van der Waals surface area contributed by atoms with Crippen molar-refractivity contribution in [3.8, 4) is 0 Å². The quantitative estimate of drug-likeness (QED) is 0.346. The van der Waals surface area contributed by atoms with Gasteiger partial charge >= 0.3 is 0 Å². The monoisotopic (exact) mass is 168 g/mol. The van der Waals surface area contributed by atoms with E-state index in [1.165, 1.54) is 24.8 Å². The third-order valence-electron chi connectivity index (χ3n) is 1.85. The van der Waals surface area contributed by atoms with Crippen molar-refractivity contribution >= 4 is 0 Å². The second-order valence-electron chi connectivity index (χ2n) is 3.12. The van der Waals surface area contributed by atoms with Gasteiger partial charge in [0.2, 0.25) is 0 Å². The number of hydrogen-bond donors (Lipinski definition) is 0. The van der Waals surface area contributed by atoms with E-state index in [1.54, 1.807) is 7.11 Å². The van der Waals surface area contributed by atoms with Crippen molar-refractivity contribution in [1.82, 2.24) is 0 Å². The van der Waals surface area contributed by atoms with Gasteiger partial charge in [0.1, 0.15) is 5.76 Å². The highest BCUT2D eigenvalue weighted by Crippen LogP contribution is 2.07. The van der Waals surface area contributed by atoms with Crippen LogP contribution in [0.5, 0.6) is 0 Å². The van der Waals surface area contributed by atoms with Gasteiger partial charge in [-0.25, -0.2) is 0 Å². The first-order valence-corrected chi connectivity index (χ1v) is 4.67. The molecule has 0 atom stereocenters. The summed E-state index contributed by atoms with van der Waals surface area (Å²) in [6.45, 7) is 6.26. The minimum atomic E-state index is 0.879. The summed E-state index contributed by atoms with van der Waals surface area (Å²) in [6, 6.07) is 0. The van der Waals surface area contributed by atoms with E-state index in [4.69, 9.17) is 4.74 Å². The Morgan fingerprint density at radius 1 is 1.25 bits per heavy atom. The highest BCUT2D eigenvalue weighted by Gasteiger charge is 1.89. The Bertz CT molecular complexity index is 173. The predicted molar refractivity (Wildman–Crippen MR) is 53.0 cm³/mol. The van der Waals surface area contributed by atoms with E-state index < -0.39 is 0 Å². The minimum Gasteiger partial charge on any atom is -0.493 e. The van der Waals surface area contributed by atoms with Crippen LogP contribution in [0.2, 0.25) is 0 Å². The maximum atomic E-state index is 5.01. The van der Waals surface area contributed by atoms with Gasteiger partial charge in [-0.2, -0.15) is 0 Å². The molecule has 12 heavy (non-hydrogen) atoms. The Balaban J connectivity index is 3.85. The molecule has 0 rings (SSSR count). The largest absolute Gasteiger partial charge is 0.493 e. The van der Waals surface area contributed by atoms with Crippen LogP contribution in [-0.2, 0) is 4.74 Å². The van der Waals surface area contributed by atoms with Gasteiger partial charge in [0.15, 0.2) is 0 Å². The third-order valence-corrected chi connectivity index (χ3v) is 1.85. The molecule has 0 heterocycles. The SMILES string of the molecule is CCCCCC(C)=C=C(C)OC. The molecule has 0 spiro atoms. The van der Waals surface area contributed by atoms with Gasteiger partial charge in [-0.15, -0.1) is 0 Å². The zero-order chi connectivity index (χ0) is 9.40. The molecule has 0 saturated carbocycles. The summed E-state index contributed by atoms with van der Waals surface area (Å²) in [5, 5.41) is 0. The lowest BCUT2D eigenvalue weighted by Gasteiger charge is -1.97. The summed E-state index contributed by atoms with van der Waals surface area (Å²) < 4.78 is 5.01. The second-order valence-corrected chi connectivity index (χ2v) is 3.12. The van der Waals surface area contributed by atoms with E-state index in [0.717, 1.165) is 12.2 Å². The molecule has 0 bridgehead atoms. The van der Waals surface area contributed by atoms with Crippen LogP contribution in [0.15, 0.2) is 17.1 Å². The lowest BCUT2D eigenvalue weighted by Crippen LogP contribution is -1.80. The summed E-state index contributed by atoms with van der Waals surface area (Å²) in [5.74, 6) is 0.879. The summed E-state index contributed by atoms with van der Waals surface area (Å²) >= 11 is 0. The molecule has 0 aromatic carbocycles. The van der Waals surface area contributed by atoms with Gasteiger partial charge < -0.3 is 4.74 Å². The zero-order valence-electron chi connectivity index (χ0n) is 8.74. The molecule has 0 aromatic rings. The number of hydrogen-bond acceptors (Lipinski definition) is 1. The molecule has 0 aliphatic rings. The van der Waals surface area contributed by atoms with Gasteiger partial charge in [-0.3, -0.25) is 0 Å². The van der Waals surface area contributed by atoms with Crippen molar-refractivity contribution in [2.75, 3.05) is 7.11 Å². The number of ether oxygens (including phenoxy) is 1. The number of methoxy groups -OCH3 is 1. The molecular weight excluding hydrogens is 148 g/mol. The maximum absolute atomic E-state index is 5.01. The normalized spacial score (nSPS) is 9.00. The standard InChI is InChI=1S/C11H20O/c1-5-6-7-8-10(2)9-11(3)12-4/h5-8H2,1-4H3. The van der Waals surface area contributed by atoms with Gasteiger partial charge in [-0.05, 0) is 25.3 Å². The van der Waals surface area contributed by atoms with Gasteiger partial charge in [0.25, 0.3) is 0 Å². The lowest BCUT2D eigenvalue weighted by molar-refractivity contribution is 0.294. The van der Waals surface area contributed by atoms with E-state index in [9.17, 15) is 0 Å². The summed E-state index contributed by atoms with van der Waals surface area (Å²) in [7, 11) is 1.68. The van der Waals surface area contributed by atoms with Crippen molar-refractivity contribution in [2.24, 2.45) is 0 Å². The Kier molecular flexibility index (Phi) is 6.60. The predicted octanol–water partition coefficient (Wildman–Crippen LogP) is 3.66. The van der Waals surface area contributed by atoms with Crippen molar-refractivity contribution in [1.29, 1.82) is 0 Å². The molecule has 0 unspecified atom stereocenters.